The second kappa shape index (κ2) is 7.46. The van der Waals surface area contributed by atoms with E-state index in [0.29, 0.717) is 5.92 Å². The van der Waals surface area contributed by atoms with Gasteiger partial charge in [-0.05, 0) is 23.4 Å². The van der Waals surface area contributed by atoms with Crippen molar-refractivity contribution in [2.75, 3.05) is 20.3 Å². The number of fused-ring (bicyclic) bond motifs is 1. The van der Waals surface area contributed by atoms with Crippen LogP contribution in [0.3, 0.4) is 0 Å². The maximum Gasteiger partial charge on any atom is 0.0587 e. The first-order valence-corrected chi connectivity index (χ1v) is 7.53. The molecule has 0 aliphatic carbocycles. The molecule has 20 heavy (non-hydrogen) atoms. The van der Waals surface area contributed by atoms with Gasteiger partial charge in [0.05, 0.1) is 6.61 Å². The van der Waals surface area contributed by atoms with Gasteiger partial charge in [0.2, 0.25) is 0 Å². The third kappa shape index (κ3) is 3.62. The third-order valence-electron chi connectivity index (χ3n) is 3.88. The van der Waals surface area contributed by atoms with Gasteiger partial charge in [-0.1, -0.05) is 38.5 Å². The van der Waals surface area contributed by atoms with Crippen molar-refractivity contribution >= 4 is 10.9 Å². The number of ether oxygens (including phenoxy) is 1. The van der Waals surface area contributed by atoms with Crippen LogP contribution in [-0.4, -0.2) is 24.8 Å². The minimum atomic E-state index is 0.698. The van der Waals surface area contributed by atoms with E-state index in [1.165, 1.54) is 23.0 Å². The molecule has 0 saturated heterocycles. The smallest absolute Gasteiger partial charge is 0.0587 e. The summed E-state index contributed by atoms with van der Waals surface area (Å²) >= 11 is 0. The molecule has 0 aliphatic heterocycles. The maximum atomic E-state index is 5.08. The van der Waals surface area contributed by atoms with Gasteiger partial charge in [-0.25, -0.2) is 0 Å². The van der Waals surface area contributed by atoms with Crippen LogP contribution in [0.4, 0.5) is 0 Å². The van der Waals surface area contributed by atoms with Crippen molar-refractivity contribution in [3.63, 3.8) is 0 Å². The van der Waals surface area contributed by atoms with E-state index in [1.807, 2.05) is 0 Å². The fourth-order valence-corrected chi connectivity index (χ4v) is 2.46. The molecule has 1 heterocycles. The van der Waals surface area contributed by atoms with Crippen LogP contribution in [0, 0.1) is 5.92 Å². The third-order valence-corrected chi connectivity index (χ3v) is 3.88. The zero-order valence-corrected chi connectivity index (χ0v) is 12.9. The highest BCUT2D eigenvalue weighted by atomic mass is 16.5. The second-order valence-electron chi connectivity index (χ2n) is 5.49. The Bertz CT molecular complexity index is 533. The highest BCUT2D eigenvalue weighted by Gasteiger charge is 2.10. The summed E-state index contributed by atoms with van der Waals surface area (Å²) in [5.74, 6) is 0.698. The van der Waals surface area contributed by atoms with Crippen molar-refractivity contribution in [2.45, 2.75) is 33.4 Å². The largest absolute Gasteiger partial charge is 0.383 e. The molecule has 0 bridgehead atoms. The number of rotatable bonds is 8. The van der Waals surface area contributed by atoms with E-state index in [0.717, 1.165) is 26.2 Å². The Morgan fingerprint density at radius 2 is 2.10 bits per heavy atom. The summed E-state index contributed by atoms with van der Waals surface area (Å²) in [6, 6.07) is 10.9. The zero-order valence-electron chi connectivity index (χ0n) is 12.9. The molecule has 1 N–H and O–H groups in total. The van der Waals surface area contributed by atoms with Crippen LogP contribution in [0.2, 0.25) is 0 Å². The summed E-state index contributed by atoms with van der Waals surface area (Å²) in [5, 5.41) is 4.78. The van der Waals surface area contributed by atoms with Gasteiger partial charge in [0.25, 0.3) is 0 Å². The minimum absolute atomic E-state index is 0.698. The zero-order chi connectivity index (χ0) is 14.4. The van der Waals surface area contributed by atoms with Crippen LogP contribution >= 0.6 is 0 Å². The molecule has 0 aliphatic rings. The van der Waals surface area contributed by atoms with Gasteiger partial charge in [0.15, 0.2) is 0 Å². The Balaban J connectivity index is 2.19. The standard InChI is InChI=1S/C17H26N2O/c1-4-14(2)13-19-16(12-18-9-10-20-3)11-15-7-5-6-8-17(15)19/h5-8,11,14,18H,4,9-10,12-13H2,1-3H3. The number of para-hydroxylation sites is 1. The quantitative estimate of drug-likeness (QED) is 0.746. The van der Waals surface area contributed by atoms with Gasteiger partial charge in [0, 0.05) is 38.0 Å². The highest BCUT2D eigenvalue weighted by Crippen LogP contribution is 2.21. The summed E-state index contributed by atoms with van der Waals surface area (Å²) in [6.45, 7) is 8.20. The molecular weight excluding hydrogens is 248 g/mol. The highest BCUT2D eigenvalue weighted by molar-refractivity contribution is 5.81. The SMILES string of the molecule is CCC(C)Cn1c(CNCCOC)cc2ccccc21. The van der Waals surface area contributed by atoms with E-state index >= 15 is 0 Å². The summed E-state index contributed by atoms with van der Waals surface area (Å²) in [7, 11) is 1.74. The minimum Gasteiger partial charge on any atom is -0.383 e. The molecule has 2 aromatic rings. The number of aromatic nitrogens is 1. The molecule has 1 aromatic heterocycles. The molecule has 0 spiro atoms. The van der Waals surface area contributed by atoms with Crippen molar-refractivity contribution in [3.05, 3.63) is 36.0 Å². The van der Waals surface area contributed by atoms with E-state index in [9.17, 15) is 0 Å². The van der Waals surface area contributed by atoms with E-state index in [2.05, 4.69) is 54.1 Å². The van der Waals surface area contributed by atoms with Crippen molar-refractivity contribution in [2.24, 2.45) is 5.92 Å². The number of hydrogen-bond donors (Lipinski definition) is 1. The predicted molar refractivity (Wildman–Crippen MR) is 85.0 cm³/mol. The lowest BCUT2D eigenvalue weighted by molar-refractivity contribution is 0.199. The van der Waals surface area contributed by atoms with Gasteiger partial charge in [-0.2, -0.15) is 0 Å². The van der Waals surface area contributed by atoms with Crippen LogP contribution in [0.25, 0.3) is 10.9 Å². The molecular formula is C17H26N2O. The fraction of sp³-hybridized carbons (Fsp3) is 0.529. The molecule has 1 unspecified atom stereocenters. The number of methoxy groups -OCH3 is 1. The van der Waals surface area contributed by atoms with Gasteiger partial charge < -0.3 is 14.6 Å². The van der Waals surface area contributed by atoms with Gasteiger partial charge in [0.1, 0.15) is 0 Å². The predicted octanol–water partition coefficient (Wildman–Crippen LogP) is 3.42. The lowest BCUT2D eigenvalue weighted by atomic mass is 10.1. The van der Waals surface area contributed by atoms with Crippen LogP contribution in [0.5, 0.6) is 0 Å². The first-order chi connectivity index (χ1) is 9.76. The van der Waals surface area contributed by atoms with Crippen LogP contribution in [0.15, 0.2) is 30.3 Å². The van der Waals surface area contributed by atoms with Gasteiger partial charge in [-0.15, -0.1) is 0 Å². The van der Waals surface area contributed by atoms with Crippen molar-refractivity contribution < 1.29 is 4.74 Å². The summed E-state index contributed by atoms with van der Waals surface area (Å²) in [5.41, 5.74) is 2.71. The molecule has 0 saturated carbocycles. The number of nitrogens with zero attached hydrogens (tertiary/aromatic N) is 1. The number of benzene rings is 1. The average Bonchev–Trinajstić information content (AvgIpc) is 2.81. The normalized spacial score (nSPS) is 12.9. The van der Waals surface area contributed by atoms with E-state index in [-0.39, 0.29) is 0 Å². The monoisotopic (exact) mass is 274 g/mol. The molecule has 3 heteroatoms. The lowest BCUT2D eigenvalue weighted by Crippen LogP contribution is -2.21. The maximum absolute atomic E-state index is 5.08. The number of nitrogens with one attached hydrogen (secondary N) is 1. The molecule has 0 radical (unpaired) electrons. The first-order valence-electron chi connectivity index (χ1n) is 7.53. The Morgan fingerprint density at radius 1 is 1.30 bits per heavy atom. The van der Waals surface area contributed by atoms with Crippen molar-refractivity contribution in [3.8, 4) is 0 Å². The summed E-state index contributed by atoms with van der Waals surface area (Å²) in [6.07, 6.45) is 1.21. The molecule has 110 valence electrons. The molecule has 0 amide bonds. The Labute approximate surface area is 121 Å². The summed E-state index contributed by atoms with van der Waals surface area (Å²) < 4.78 is 7.54. The Hall–Kier alpha value is -1.32. The Morgan fingerprint density at radius 3 is 2.85 bits per heavy atom. The van der Waals surface area contributed by atoms with Crippen LogP contribution in [-0.2, 0) is 17.8 Å². The molecule has 2 rings (SSSR count). The summed E-state index contributed by atoms with van der Waals surface area (Å²) in [4.78, 5) is 0. The van der Waals surface area contributed by atoms with Crippen LogP contribution in [0.1, 0.15) is 26.0 Å². The molecule has 3 nitrogen and oxygen atoms in total. The van der Waals surface area contributed by atoms with Crippen LogP contribution < -0.4 is 5.32 Å². The fourth-order valence-electron chi connectivity index (χ4n) is 2.46. The van der Waals surface area contributed by atoms with E-state index < -0.39 is 0 Å². The second-order valence-corrected chi connectivity index (χ2v) is 5.49. The van der Waals surface area contributed by atoms with Crippen molar-refractivity contribution in [1.82, 2.24) is 9.88 Å². The molecule has 1 atom stereocenters. The van der Waals surface area contributed by atoms with E-state index in [4.69, 9.17) is 4.74 Å². The van der Waals surface area contributed by atoms with E-state index in [1.54, 1.807) is 7.11 Å². The van der Waals surface area contributed by atoms with Gasteiger partial charge in [-0.3, -0.25) is 0 Å². The Kier molecular flexibility index (Phi) is 5.62. The van der Waals surface area contributed by atoms with Crippen molar-refractivity contribution in [1.29, 1.82) is 0 Å². The number of hydrogen-bond acceptors (Lipinski definition) is 2. The topological polar surface area (TPSA) is 26.2 Å². The average molecular weight is 274 g/mol. The molecule has 0 fully saturated rings. The first kappa shape index (κ1) is 15.1. The lowest BCUT2D eigenvalue weighted by Gasteiger charge is -2.15. The van der Waals surface area contributed by atoms with Gasteiger partial charge >= 0.3 is 0 Å². The molecule has 1 aromatic carbocycles.